The van der Waals surface area contributed by atoms with Crippen molar-refractivity contribution in [1.82, 2.24) is 5.43 Å². The van der Waals surface area contributed by atoms with Gasteiger partial charge in [-0.15, -0.1) is 0 Å². The molecule has 0 atom stereocenters. The molecule has 1 N–H and O–H groups in total. The predicted molar refractivity (Wildman–Crippen MR) is 132 cm³/mol. The molecular formula is C26H23ClN2O6. The molecule has 0 radical (unpaired) electrons. The quantitative estimate of drug-likeness (QED) is 0.271. The first-order valence-electron chi connectivity index (χ1n) is 10.7. The second-order valence-corrected chi connectivity index (χ2v) is 7.79. The van der Waals surface area contributed by atoms with E-state index in [1.54, 1.807) is 49.6 Å². The first kappa shape index (κ1) is 24.0. The number of para-hydroxylation sites is 1. The average molecular weight is 495 g/mol. The molecule has 0 bridgehead atoms. The minimum Gasteiger partial charge on any atom is -0.497 e. The molecule has 1 fully saturated rings. The number of rotatable bonds is 9. The molecule has 8 nitrogen and oxygen atoms in total. The molecule has 180 valence electrons. The van der Waals surface area contributed by atoms with Crippen LogP contribution in [0.15, 0.2) is 72.3 Å². The lowest BCUT2D eigenvalue weighted by molar-refractivity contribution is -0.117. The molecule has 0 saturated carbocycles. The Labute approximate surface area is 207 Å². The maximum Gasteiger partial charge on any atom is 0.282 e. The van der Waals surface area contributed by atoms with Crippen LogP contribution < -0.4 is 29.4 Å². The van der Waals surface area contributed by atoms with Gasteiger partial charge in [0.1, 0.15) is 30.3 Å². The number of halogens is 1. The first-order chi connectivity index (χ1) is 17.0. The van der Waals surface area contributed by atoms with Gasteiger partial charge in [0.25, 0.3) is 11.8 Å². The number of anilines is 1. The minimum absolute atomic E-state index is 0.0210. The van der Waals surface area contributed by atoms with Crippen LogP contribution in [-0.4, -0.2) is 39.2 Å². The maximum absolute atomic E-state index is 12.8. The third-order valence-electron chi connectivity index (χ3n) is 5.11. The Balaban J connectivity index is 1.46. The van der Waals surface area contributed by atoms with Gasteiger partial charge < -0.3 is 18.9 Å². The number of methoxy groups -OCH3 is 2. The van der Waals surface area contributed by atoms with Crippen LogP contribution in [0, 0.1) is 0 Å². The van der Waals surface area contributed by atoms with Gasteiger partial charge in [-0.1, -0.05) is 35.9 Å². The third-order valence-corrected chi connectivity index (χ3v) is 5.39. The molecule has 3 aromatic carbocycles. The minimum atomic E-state index is -0.510. The van der Waals surface area contributed by atoms with E-state index in [0.717, 1.165) is 0 Å². The van der Waals surface area contributed by atoms with Gasteiger partial charge in [0.05, 0.1) is 24.9 Å². The molecule has 0 aromatic heterocycles. The molecule has 4 rings (SSSR count). The molecule has 2 amide bonds. The summed E-state index contributed by atoms with van der Waals surface area (Å²) in [6.07, 6.45) is 1.46. The first-order valence-corrected chi connectivity index (χ1v) is 11.1. The molecule has 0 spiro atoms. The van der Waals surface area contributed by atoms with E-state index in [4.69, 9.17) is 30.5 Å². The number of hydrogen-bond acceptors (Lipinski definition) is 6. The monoisotopic (exact) mass is 494 g/mol. The van der Waals surface area contributed by atoms with Crippen LogP contribution >= 0.6 is 11.6 Å². The molecule has 1 aliphatic rings. The van der Waals surface area contributed by atoms with Crippen LogP contribution in [-0.2, 0) is 9.59 Å². The highest BCUT2D eigenvalue weighted by molar-refractivity contribution is 6.33. The van der Waals surface area contributed by atoms with Crippen LogP contribution in [0.1, 0.15) is 5.56 Å². The van der Waals surface area contributed by atoms with Gasteiger partial charge in [0, 0.05) is 6.07 Å². The maximum atomic E-state index is 12.8. The summed E-state index contributed by atoms with van der Waals surface area (Å²) in [7, 11) is 3.07. The van der Waals surface area contributed by atoms with Gasteiger partial charge in [-0.2, -0.15) is 0 Å². The lowest BCUT2D eigenvalue weighted by Gasteiger charge is -2.14. The number of carbonyl (C=O) groups excluding carboxylic acids is 2. The molecule has 0 aliphatic carbocycles. The van der Waals surface area contributed by atoms with Crippen LogP contribution in [0.2, 0.25) is 5.02 Å². The van der Waals surface area contributed by atoms with Crippen molar-refractivity contribution < 1.29 is 28.5 Å². The van der Waals surface area contributed by atoms with Crippen LogP contribution in [0.3, 0.4) is 0 Å². The SMILES string of the molecule is COc1cccc(OCCOc2c(Cl)cc(C=C3C(=O)NN(c4ccccc4)C3=O)cc2OC)c1. The zero-order valence-electron chi connectivity index (χ0n) is 19.1. The molecular weight excluding hydrogens is 472 g/mol. The number of benzene rings is 3. The molecule has 9 heteroatoms. The Hall–Kier alpha value is -4.17. The Morgan fingerprint density at radius 1 is 0.886 bits per heavy atom. The van der Waals surface area contributed by atoms with Crippen molar-refractivity contribution >= 4 is 35.2 Å². The average Bonchev–Trinajstić information content (AvgIpc) is 3.16. The molecule has 1 heterocycles. The Morgan fingerprint density at radius 3 is 2.37 bits per heavy atom. The molecule has 3 aromatic rings. The molecule has 1 saturated heterocycles. The van der Waals surface area contributed by atoms with E-state index in [9.17, 15) is 9.59 Å². The molecule has 1 aliphatic heterocycles. The summed E-state index contributed by atoms with van der Waals surface area (Å²) in [6, 6.07) is 19.3. The summed E-state index contributed by atoms with van der Waals surface area (Å²) in [5.74, 6) is 1.06. The van der Waals surface area contributed by atoms with Gasteiger partial charge in [0.15, 0.2) is 11.5 Å². The van der Waals surface area contributed by atoms with Crippen molar-refractivity contribution in [2.45, 2.75) is 0 Å². The number of nitrogens with one attached hydrogen (secondary N) is 1. The van der Waals surface area contributed by atoms with Crippen molar-refractivity contribution in [3.63, 3.8) is 0 Å². The summed E-state index contributed by atoms with van der Waals surface area (Å²) in [4.78, 5) is 25.3. The second-order valence-electron chi connectivity index (χ2n) is 7.39. The lowest BCUT2D eigenvalue weighted by atomic mass is 10.1. The van der Waals surface area contributed by atoms with E-state index in [1.165, 1.54) is 18.2 Å². The fourth-order valence-electron chi connectivity index (χ4n) is 3.44. The largest absolute Gasteiger partial charge is 0.497 e. The normalized spacial score (nSPS) is 14.1. The van der Waals surface area contributed by atoms with E-state index >= 15 is 0 Å². The Morgan fingerprint density at radius 2 is 1.63 bits per heavy atom. The van der Waals surface area contributed by atoms with Crippen molar-refractivity contribution in [2.75, 3.05) is 32.4 Å². The highest BCUT2D eigenvalue weighted by Crippen LogP contribution is 2.37. The summed E-state index contributed by atoms with van der Waals surface area (Å²) < 4.78 is 22.1. The van der Waals surface area contributed by atoms with Crippen molar-refractivity contribution in [1.29, 1.82) is 0 Å². The second kappa shape index (κ2) is 10.8. The number of hydrazine groups is 1. The van der Waals surface area contributed by atoms with Crippen molar-refractivity contribution in [3.8, 4) is 23.0 Å². The van der Waals surface area contributed by atoms with Gasteiger partial charge in [-0.25, -0.2) is 5.01 Å². The number of amides is 2. The summed E-state index contributed by atoms with van der Waals surface area (Å²) >= 11 is 6.44. The number of hydrogen-bond donors (Lipinski definition) is 1. The highest BCUT2D eigenvalue weighted by Gasteiger charge is 2.34. The third kappa shape index (κ3) is 5.50. The topological polar surface area (TPSA) is 86.3 Å². The van der Waals surface area contributed by atoms with E-state index in [2.05, 4.69) is 5.43 Å². The van der Waals surface area contributed by atoms with Crippen molar-refractivity contribution in [3.05, 3.63) is 82.9 Å². The van der Waals surface area contributed by atoms with Crippen LogP contribution in [0.25, 0.3) is 6.08 Å². The Kier molecular flexibility index (Phi) is 7.42. The van der Waals surface area contributed by atoms with E-state index < -0.39 is 11.8 Å². The van der Waals surface area contributed by atoms with E-state index in [-0.39, 0.29) is 23.8 Å². The van der Waals surface area contributed by atoms with E-state index in [1.807, 2.05) is 24.3 Å². The van der Waals surface area contributed by atoms with Gasteiger partial charge in [0.2, 0.25) is 0 Å². The summed E-state index contributed by atoms with van der Waals surface area (Å²) in [5.41, 5.74) is 3.62. The zero-order chi connectivity index (χ0) is 24.8. The zero-order valence-corrected chi connectivity index (χ0v) is 19.9. The lowest BCUT2D eigenvalue weighted by Crippen LogP contribution is -2.35. The highest BCUT2D eigenvalue weighted by atomic mass is 35.5. The standard InChI is InChI=1S/C26H23ClN2O6/c1-32-19-9-6-10-20(16-19)34-11-12-35-24-22(27)14-17(15-23(24)33-2)13-21-25(30)28-29(26(21)31)18-7-4-3-5-8-18/h3-10,13-16H,11-12H2,1-2H3,(H,28,30). The smallest absolute Gasteiger partial charge is 0.282 e. The number of carbonyl (C=O) groups is 2. The fourth-order valence-corrected chi connectivity index (χ4v) is 3.71. The molecule has 35 heavy (non-hydrogen) atoms. The van der Waals surface area contributed by atoms with Gasteiger partial charge in [-0.05, 0) is 48.0 Å². The molecule has 0 unspecified atom stereocenters. The number of nitrogens with zero attached hydrogens (tertiary/aromatic N) is 1. The van der Waals surface area contributed by atoms with Crippen molar-refractivity contribution in [2.24, 2.45) is 0 Å². The number of ether oxygens (including phenoxy) is 4. The fraction of sp³-hybridized carbons (Fsp3) is 0.154. The van der Waals surface area contributed by atoms with Gasteiger partial charge in [-0.3, -0.25) is 15.0 Å². The van der Waals surface area contributed by atoms with E-state index in [0.29, 0.717) is 34.2 Å². The predicted octanol–water partition coefficient (Wildman–Crippen LogP) is 4.28. The van der Waals surface area contributed by atoms with Gasteiger partial charge >= 0.3 is 0 Å². The summed E-state index contributed by atoms with van der Waals surface area (Å²) in [5, 5.41) is 1.47. The summed E-state index contributed by atoms with van der Waals surface area (Å²) in [6.45, 7) is 0.475. The Bertz CT molecular complexity index is 1260. The van der Waals surface area contributed by atoms with Crippen LogP contribution in [0.5, 0.6) is 23.0 Å². The van der Waals surface area contributed by atoms with Crippen LogP contribution in [0.4, 0.5) is 5.69 Å².